The molecule has 0 atom stereocenters. The Labute approximate surface area is 148 Å². The first-order valence-corrected chi connectivity index (χ1v) is 8.71. The fraction of sp³-hybridized carbons (Fsp3) is 0.0588. The Morgan fingerprint density at radius 2 is 1.92 bits per heavy atom. The van der Waals surface area contributed by atoms with Crippen LogP contribution in [-0.4, -0.2) is 18.3 Å². The first-order valence-electron chi connectivity index (χ1n) is 7.30. The number of pyridine rings is 1. The zero-order valence-corrected chi connectivity index (χ0v) is 14.2. The molecule has 0 N–H and O–H groups in total. The molecule has 0 fully saturated rings. The van der Waals surface area contributed by atoms with E-state index in [1.807, 2.05) is 6.07 Å². The predicted octanol–water partition coefficient (Wildman–Crippen LogP) is 3.09. The second-order valence-corrected chi connectivity index (χ2v) is 6.94. The summed E-state index contributed by atoms with van der Waals surface area (Å²) in [5, 5.41) is 20.5. The molecule has 26 heavy (non-hydrogen) atoms. The molecule has 2 aromatic carbocycles. The molecule has 3 rings (SSSR count). The van der Waals surface area contributed by atoms with E-state index in [0.717, 1.165) is 6.07 Å². The molecule has 0 bridgehead atoms. The summed E-state index contributed by atoms with van der Waals surface area (Å²) in [4.78, 5) is 13.9. The Morgan fingerprint density at radius 1 is 1.15 bits per heavy atom. The van der Waals surface area contributed by atoms with Crippen LogP contribution in [0.3, 0.4) is 0 Å². The monoisotopic (exact) mass is 369 g/mol. The van der Waals surface area contributed by atoms with Gasteiger partial charge in [-0.1, -0.05) is 6.07 Å². The molecule has 0 aliphatic carbocycles. The zero-order valence-electron chi connectivity index (χ0n) is 13.4. The number of rotatable bonds is 4. The number of hydrogen-bond donors (Lipinski definition) is 0. The van der Waals surface area contributed by atoms with Crippen LogP contribution in [0.25, 0.3) is 10.9 Å². The Hall–Kier alpha value is -3.51. The topological polar surface area (TPSA) is 123 Å². The number of aromatic nitrogens is 1. The van der Waals surface area contributed by atoms with E-state index in [4.69, 9.17) is 9.44 Å². The lowest BCUT2D eigenvalue weighted by Crippen LogP contribution is -2.12. The summed E-state index contributed by atoms with van der Waals surface area (Å²) in [6, 6.07) is 13.1. The van der Waals surface area contributed by atoms with Gasteiger partial charge in [-0.15, -0.1) is 0 Å². The number of fused-ring (bicyclic) bond motifs is 1. The third kappa shape index (κ3) is 3.31. The number of benzene rings is 2. The van der Waals surface area contributed by atoms with Crippen molar-refractivity contribution in [2.45, 2.75) is 11.8 Å². The van der Waals surface area contributed by atoms with E-state index >= 15 is 0 Å². The van der Waals surface area contributed by atoms with Gasteiger partial charge in [0.05, 0.1) is 10.4 Å². The molecule has 8 nitrogen and oxygen atoms in total. The molecule has 0 saturated heterocycles. The van der Waals surface area contributed by atoms with Gasteiger partial charge in [0, 0.05) is 11.5 Å². The largest absolute Gasteiger partial charge is 0.379 e. The van der Waals surface area contributed by atoms with Gasteiger partial charge >= 0.3 is 10.1 Å². The van der Waals surface area contributed by atoms with Crippen LogP contribution < -0.4 is 4.18 Å². The Bertz CT molecular complexity index is 1180. The van der Waals surface area contributed by atoms with E-state index in [9.17, 15) is 18.5 Å². The van der Waals surface area contributed by atoms with Crippen molar-refractivity contribution in [3.8, 4) is 11.8 Å². The van der Waals surface area contributed by atoms with Crippen molar-refractivity contribution in [1.82, 2.24) is 4.98 Å². The van der Waals surface area contributed by atoms with Gasteiger partial charge in [0.2, 0.25) is 0 Å². The highest BCUT2D eigenvalue weighted by atomic mass is 32.2. The minimum absolute atomic E-state index is 0.0141. The van der Waals surface area contributed by atoms with E-state index in [1.54, 1.807) is 13.0 Å². The van der Waals surface area contributed by atoms with Crippen LogP contribution in [0.1, 0.15) is 11.3 Å². The highest BCUT2D eigenvalue weighted by molar-refractivity contribution is 7.87. The summed E-state index contributed by atoms with van der Waals surface area (Å²) in [7, 11) is -4.41. The van der Waals surface area contributed by atoms with Crippen LogP contribution in [0.15, 0.2) is 53.4 Å². The molecule has 0 saturated carbocycles. The average molecular weight is 369 g/mol. The van der Waals surface area contributed by atoms with Crippen molar-refractivity contribution in [2.24, 2.45) is 0 Å². The number of hydrogen-bond acceptors (Lipinski definition) is 7. The smallest absolute Gasteiger partial charge is 0.346 e. The molecule has 0 spiro atoms. The van der Waals surface area contributed by atoms with Gasteiger partial charge in [0.25, 0.3) is 5.69 Å². The van der Waals surface area contributed by atoms with Crippen molar-refractivity contribution >= 4 is 26.7 Å². The maximum absolute atomic E-state index is 12.5. The van der Waals surface area contributed by atoms with Gasteiger partial charge in [-0.25, -0.2) is 4.98 Å². The van der Waals surface area contributed by atoms with E-state index in [1.165, 1.54) is 36.4 Å². The van der Waals surface area contributed by atoms with Crippen LogP contribution in [0.4, 0.5) is 5.69 Å². The first kappa shape index (κ1) is 17.3. The fourth-order valence-corrected chi connectivity index (χ4v) is 3.54. The second kappa shape index (κ2) is 6.42. The average Bonchev–Trinajstić information content (AvgIpc) is 2.60. The Kier molecular flexibility index (Phi) is 4.28. The molecular weight excluding hydrogens is 358 g/mol. The third-order valence-corrected chi connectivity index (χ3v) is 4.84. The number of nitro groups is 1. The fourth-order valence-electron chi connectivity index (χ4n) is 2.36. The summed E-state index contributed by atoms with van der Waals surface area (Å²) in [6.45, 7) is 1.62. The second-order valence-electron chi connectivity index (χ2n) is 5.43. The van der Waals surface area contributed by atoms with Crippen molar-refractivity contribution < 1.29 is 17.5 Å². The van der Waals surface area contributed by atoms with Crippen LogP contribution in [-0.2, 0) is 10.1 Å². The molecule has 0 aliphatic heterocycles. The van der Waals surface area contributed by atoms with Gasteiger partial charge in [-0.05, 0) is 48.9 Å². The van der Waals surface area contributed by atoms with E-state index < -0.39 is 25.6 Å². The molecule has 0 unspecified atom stereocenters. The minimum atomic E-state index is -4.41. The summed E-state index contributed by atoms with van der Waals surface area (Å²) in [5.41, 5.74) is 0.714. The van der Waals surface area contributed by atoms with Gasteiger partial charge < -0.3 is 4.18 Å². The summed E-state index contributed by atoms with van der Waals surface area (Å²) in [6.07, 6.45) is 0. The number of nitrogens with zero attached hydrogens (tertiary/aromatic N) is 3. The Balaban J connectivity index is 2.03. The van der Waals surface area contributed by atoms with E-state index in [0.29, 0.717) is 16.5 Å². The van der Waals surface area contributed by atoms with Gasteiger partial charge in [0.1, 0.15) is 17.5 Å². The summed E-state index contributed by atoms with van der Waals surface area (Å²) in [5.74, 6) is -0.0141. The van der Waals surface area contributed by atoms with E-state index in [2.05, 4.69) is 4.98 Å². The highest BCUT2D eigenvalue weighted by Gasteiger charge is 2.28. The molecule has 0 amide bonds. The standard InChI is InChI=1S/C17H11N3O5S/c1-11-2-7-16(20(21)22)17(8-11)26(23,24)25-14-5-6-15-12(9-14)3-4-13(10-18)19-15/h2-9H,1H3. The van der Waals surface area contributed by atoms with Gasteiger partial charge in [-0.2, -0.15) is 13.7 Å². The molecule has 0 aliphatic rings. The van der Waals surface area contributed by atoms with Crippen LogP contribution in [0.2, 0.25) is 0 Å². The molecule has 130 valence electrons. The molecular formula is C17H11N3O5S. The quantitative estimate of drug-likeness (QED) is 0.393. The van der Waals surface area contributed by atoms with Crippen molar-refractivity contribution in [3.63, 3.8) is 0 Å². The van der Waals surface area contributed by atoms with Gasteiger partial charge in [-0.3, -0.25) is 10.1 Å². The van der Waals surface area contributed by atoms with Crippen LogP contribution in [0.5, 0.6) is 5.75 Å². The molecule has 1 heterocycles. The normalized spacial score (nSPS) is 11.1. The lowest BCUT2D eigenvalue weighted by atomic mass is 10.2. The van der Waals surface area contributed by atoms with E-state index in [-0.39, 0.29) is 11.4 Å². The SMILES string of the molecule is Cc1ccc([N+](=O)[O-])c(S(=O)(=O)Oc2ccc3nc(C#N)ccc3c2)c1. The van der Waals surface area contributed by atoms with Crippen LogP contribution in [0, 0.1) is 28.4 Å². The predicted molar refractivity (Wildman–Crippen MR) is 92.1 cm³/mol. The first-order chi connectivity index (χ1) is 12.3. The third-order valence-electron chi connectivity index (χ3n) is 3.56. The molecule has 9 heteroatoms. The Morgan fingerprint density at radius 3 is 2.62 bits per heavy atom. The minimum Gasteiger partial charge on any atom is -0.379 e. The zero-order chi connectivity index (χ0) is 18.9. The van der Waals surface area contributed by atoms with Crippen molar-refractivity contribution in [3.05, 3.63) is 69.9 Å². The number of aryl methyl sites for hydroxylation is 1. The maximum atomic E-state index is 12.5. The maximum Gasteiger partial charge on any atom is 0.346 e. The lowest BCUT2D eigenvalue weighted by molar-refractivity contribution is -0.387. The summed E-state index contributed by atoms with van der Waals surface area (Å²) >= 11 is 0. The summed E-state index contributed by atoms with van der Waals surface area (Å²) < 4.78 is 30.1. The van der Waals surface area contributed by atoms with Crippen molar-refractivity contribution in [1.29, 1.82) is 5.26 Å². The molecule has 1 aromatic heterocycles. The molecule has 3 aromatic rings. The lowest BCUT2D eigenvalue weighted by Gasteiger charge is -2.09. The van der Waals surface area contributed by atoms with Crippen LogP contribution >= 0.6 is 0 Å². The van der Waals surface area contributed by atoms with Crippen molar-refractivity contribution in [2.75, 3.05) is 0 Å². The number of nitro benzene ring substituents is 1. The van der Waals surface area contributed by atoms with Gasteiger partial charge in [0.15, 0.2) is 4.90 Å². The number of nitriles is 1. The highest BCUT2D eigenvalue weighted by Crippen LogP contribution is 2.29. The molecule has 0 radical (unpaired) electrons.